The number of rotatable bonds is 4. The van der Waals surface area contributed by atoms with Crippen molar-refractivity contribution < 1.29 is 22.2 Å². The van der Waals surface area contributed by atoms with Gasteiger partial charge in [0.1, 0.15) is 4.90 Å². The SMILES string of the molecule is CC(=O)NC1=NC(=O)/C(=C\c2cc(Cl)cc(Cl)c2OS(=O)(=O)c2ccc(C)cc2)S1. The van der Waals surface area contributed by atoms with E-state index in [0.29, 0.717) is 0 Å². The van der Waals surface area contributed by atoms with Crippen LogP contribution in [0.25, 0.3) is 6.08 Å². The molecule has 0 saturated carbocycles. The summed E-state index contributed by atoms with van der Waals surface area (Å²) >= 11 is 13.2. The third-order valence-corrected chi connectivity index (χ3v) is 6.36. The molecule has 2 aromatic rings. The molecule has 0 bridgehead atoms. The van der Waals surface area contributed by atoms with Gasteiger partial charge in [-0.05, 0) is 49.0 Å². The number of aliphatic imine (C=N–C) groups is 1. The highest BCUT2D eigenvalue weighted by Crippen LogP contribution is 2.38. The topological polar surface area (TPSA) is 102 Å². The number of carbonyl (C=O) groups excluding carboxylic acids is 2. The third-order valence-electron chi connectivity index (χ3n) is 3.73. The molecule has 0 aliphatic carbocycles. The van der Waals surface area contributed by atoms with E-state index in [1.54, 1.807) is 12.1 Å². The highest BCUT2D eigenvalue weighted by atomic mass is 35.5. The zero-order chi connectivity index (χ0) is 22.1. The molecule has 2 aromatic carbocycles. The fourth-order valence-corrected chi connectivity index (χ4v) is 4.81. The summed E-state index contributed by atoms with van der Waals surface area (Å²) in [7, 11) is -4.20. The van der Waals surface area contributed by atoms with E-state index in [-0.39, 0.29) is 42.2 Å². The molecule has 0 radical (unpaired) electrons. The summed E-state index contributed by atoms with van der Waals surface area (Å²) in [4.78, 5) is 27.1. The first-order valence-electron chi connectivity index (χ1n) is 8.35. The number of thioether (sulfide) groups is 1. The van der Waals surface area contributed by atoms with Crippen LogP contribution in [-0.4, -0.2) is 25.4 Å². The van der Waals surface area contributed by atoms with Gasteiger partial charge in [0.2, 0.25) is 5.91 Å². The number of carbonyl (C=O) groups is 2. The average molecular weight is 485 g/mol. The second kappa shape index (κ2) is 8.81. The monoisotopic (exact) mass is 484 g/mol. The van der Waals surface area contributed by atoms with Gasteiger partial charge in [0.15, 0.2) is 10.9 Å². The molecule has 0 fully saturated rings. The standard InChI is InChI=1S/C19H14Cl2N2O5S2/c1-10-3-5-14(6-4-10)30(26,27)28-17-12(7-13(20)9-15(17)21)8-16-18(25)23-19(29-16)22-11(2)24/h3-9H,1-2H3,(H,22,23,24,25)/b16-8+. The minimum atomic E-state index is -4.20. The second-order valence-corrected chi connectivity index (χ2v) is 9.59. The Morgan fingerprint density at radius 2 is 1.87 bits per heavy atom. The molecule has 11 heteroatoms. The van der Waals surface area contributed by atoms with E-state index in [2.05, 4.69) is 10.3 Å². The van der Waals surface area contributed by atoms with Crippen molar-refractivity contribution in [2.45, 2.75) is 18.7 Å². The Balaban J connectivity index is 1.99. The molecule has 7 nitrogen and oxygen atoms in total. The zero-order valence-corrected chi connectivity index (χ0v) is 18.7. The second-order valence-electron chi connectivity index (χ2n) is 6.17. The number of nitrogens with one attached hydrogen (secondary N) is 1. The summed E-state index contributed by atoms with van der Waals surface area (Å²) in [6, 6.07) is 8.83. The van der Waals surface area contributed by atoms with E-state index in [1.165, 1.54) is 37.3 Å². The Hall–Kier alpha value is -2.33. The minimum Gasteiger partial charge on any atom is -0.377 e. The Morgan fingerprint density at radius 3 is 2.50 bits per heavy atom. The first-order valence-corrected chi connectivity index (χ1v) is 11.3. The van der Waals surface area contributed by atoms with Gasteiger partial charge in [0.25, 0.3) is 5.91 Å². The maximum Gasteiger partial charge on any atom is 0.339 e. The van der Waals surface area contributed by atoms with Crippen LogP contribution in [0, 0.1) is 6.92 Å². The molecule has 1 aliphatic rings. The molecular weight excluding hydrogens is 471 g/mol. The van der Waals surface area contributed by atoms with E-state index in [1.807, 2.05) is 6.92 Å². The number of nitrogens with zero attached hydrogens (tertiary/aromatic N) is 1. The third kappa shape index (κ3) is 5.23. The summed E-state index contributed by atoms with van der Waals surface area (Å²) in [6.45, 7) is 3.11. The number of hydrogen-bond acceptors (Lipinski definition) is 6. The van der Waals surface area contributed by atoms with Gasteiger partial charge in [-0.2, -0.15) is 13.4 Å². The lowest BCUT2D eigenvalue weighted by atomic mass is 10.2. The number of benzene rings is 2. The maximum absolute atomic E-state index is 12.7. The summed E-state index contributed by atoms with van der Waals surface area (Å²) in [5.41, 5.74) is 1.05. The van der Waals surface area contributed by atoms with Gasteiger partial charge in [-0.15, -0.1) is 0 Å². The van der Waals surface area contributed by atoms with Crippen molar-refractivity contribution in [3.63, 3.8) is 0 Å². The molecule has 0 saturated heterocycles. The highest BCUT2D eigenvalue weighted by molar-refractivity contribution is 8.18. The number of aryl methyl sites for hydroxylation is 1. The zero-order valence-electron chi connectivity index (χ0n) is 15.6. The van der Waals surface area contributed by atoms with Crippen LogP contribution in [0.4, 0.5) is 0 Å². The van der Waals surface area contributed by atoms with Crippen LogP contribution in [-0.2, 0) is 19.7 Å². The molecule has 1 heterocycles. The first kappa shape index (κ1) is 22.4. The quantitative estimate of drug-likeness (QED) is 0.515. The maximum atomic E-state index is 12.7. The number of halogens is 2. The van der Waals surface area contributed by atoms with Gasteiger partial charge in [0.05, 0.1) is 9.93 Å². The van der Waals surface area contributed by atoms with Crippen LogP contribution in [0.2, 0.25) is 10.0 Å². The number of amidine groups is 1. The lowest BCUT2D eigenvalue weighted by Gasteiger charge is -2.12. The predicted molar refractivity (Wildman–Crippen MR) is 117 cm³/mol. The van der Waals surface area contributed by atoms with E-state index in [4.69, 9.17) is 27.4 Å². The molecule has 0 unspecified atom stereocenters. The Kier molecular flexibility index (Phi) is 6.56. The van der Waals surface area contributed by atoms with Crippen LogP contribution < -0.4 is 9.50 Å². The molecule has 1 aliphatic heterocycles. The summed E-state index contributed by atoms with van der Waals surface area (Å²) < 4.78 is 30.7. The van der Waals surface area contributed by atoms with Crippen molar-refractivity contribution in [1.29, 1.82) is 0 Å². The molecule has 1 N–H and O–H groups in total. The van der Waals surface area contributed by atoms with Crippen LogP contribution in [0.3, 0.4) is 0 Å². The molecule has 2 amide bonds. The van der Waals surface area contributed by atoms with Crippen molar-refractivity contribution in [3.8, 4) is 5.75 Å². The van der Waals surface area contributed by atoms with Crippen molar-refractivity contribution in [1.82, 2.24) is 5.32 Å². The van der Waals surface area contributed by atoms with Gasteiger partial charge in [-0.25, -0.2) is 0 Å². The smallest absolute Gasteiger partial charge is 0.339 e. The molecule has 3 rings (SSSR count). The van der Waals surface area contributed by atoms with Crippen LogP contribution in [0.1, 0.15) is 18.1 Å². The average Bonchev–Trinajstić information content (AvgIpc) is 2.96. The van der Waals surface area contributed by atoms with E-state index < -0.39 is 16.0 Å². The largest absolute Gasteiger partial charge is 0.377 e. The molecule has 0 spiro atoms. The summed E-state index contributed by atoms with van der Waals surface area (Å²) in [5, 5.41) is 2.70. The van der Waals surface area contributed by atoms with Crippen LogP contribution in [0.5, 0.6) is 5.75 Å². The van der Waals surface area contributed by atoms with Gasteiger partial charge >= 0.3 is 10.1 Å². The van der Waals surface area contributed by atoms with Crippen molar-refractivity contribution in [3.05, 3.63) is 62.5 Å². The van der Waals surface area contributed by atoms with E-state index >= 15 is 0 Å². The summed E-state index contributed by atoms with van der Waals surface area (Å²) in [6.07, 6.45) is 1.35. The van der Waals surface area contributed by atoms with Crippen molar-refractivity contribution >= 4 is 68.1 Å². The first-order chi connectivity index (χ1) is 14.0. The molecule has 0 atom stereocenters. The summed E-state index contributed by atoms with van der Waals surface area (Å²) in [5.74, 6) is -1.17. The van der Waals surface area contributed by atoms with Gasteiger partial charge in [-0.1, -0.05) is 40.9 Å². The van der Waals surface area contributed by atoms with E-state index in [9.17, 15) is 18.0 Å². The highest BCUT2D eigenvalue weighted by Gasteiger charge is 2.25. The van der Waals surface area contributed by atoms with Crippen molar-refractivity contribution in [2.75, 3.05) is 0 Å². The Bertz CT molecular complexity index is 1210. The lowest BCUT2D eigenvalue weighted by Crippen LogP contribution is -2.23. The predicted octanol–water partition coefficient (Wildman–Crippen LogP) is 4.18. The fraction of sp³-hybridized carbons (Fsp3) is 0.105. The minimum absolute atomic E-state index is 0.0523. The molecule has 0 aromatic heterocycles. The lowest BCUT2D eigenvalue weighted by molar-refractivity contribution is -0.117. The van der Waals surface area contributed by atoms with E-state index in [0.717, 1.165) is 17.3 Å². The molecule has 156 valence electrons. The molecular formula is C19H14Cl2N2O5S2. The number of amides is 2. The molecule has 30 heavy (non-hydrogen) atoms. The Morgan fingerprint density at radius 1 is 1.20 bits per heavy atom. The van der Waals surface area contributed by atoms with Gasteiger partial charge in [0, 0.05) is 17.5 Å². The fourth-order valence-electron chi connectivity index (χ4n) is 2.39. The van der Waals surface area contributed by atoms with Crippen molar-refractivity contribution in [2.24, 2.45) is 4.99 Å². The Labute approximate surface area is 187 Å². The number of hydrogen-bond donors (Lipinski definition) is 1. The van der Waals surface area contributed by atoms with Crippen LogP contribution in [0.15, 0.2) is 51.2 Å². The normalized spacial score (nSPS) is 15.3. The van der Waals surface area contributed by atoms with Gasteiger partial charge < -0.3 is 9.50 Å². The van der Waals surface area contributed by atoms with Crippen LogP contribution >= 0.6 is 35.0 Å². The van der Waals surface area contributed by atoms with Gasteiger partial charge in [-0.3, -0.25) is 9.59 Å².